The van der Waals surface area contributed by atoms with Gasteiger partial charge in [-0.05, 0) is 19.8 Å². The second kappa shape index (κ2) is 10.1. The van der Waals surface area contributed by atoms with Crippen LogP contribution in [0.3, 0.4) is 0 Å². The molecule has 2 N–H and O–H groups in total. The van der Waals surface area contributed by atoms with Crippen LogP contribution < -0.4 is 10.6 Å². The molecule has 0 fully saturated rings. The zero-order valence-electron chi connectivity index (χ0n) is 11.2. The summed E-state index contributed by atoms with van der Waals surface area (Å²) in [6.07, 6.45) is 3.16. The Hall–Kier alpha value is -1.07. The van der Waals surface area contributed by atoms with Gasteiger partial charge in [0, 0.05) is 19.4 Å². The highest BCUT2D eigenvalue weighted by molar-refractivity contribution is 5.74. The molecule has 0 aliphatic rings. The fourth-order valence-electron chi connectivity index (χ4n) is 1.08. The standard InChI is InChI=1S/C12H24N2O3/c1-5-16-11(17-6-2)9-14-12(15)13-8-7-10(3)4/h7-8,10-11H,5-6,9H2,1-4H3,(H2,13,14,15)/b8-7+. The summed E-state index contributed by atoms with van der Waals surface area (Å²) in [6, 6.07) is -0.258. The second-order valence-electron chi connectivity index (χ2n) is 3.80. The lowest BCUT2D eigenvalue weighted by Crippen LogP contribution is -2.39. The minimum absolute atomic E-state index is 0.258. The highest BCUT2D eigenvalue weighted by Gasteiger charge is 2.08. The molecular formula is C12H24N2O3. The van der Waals surface area contributed by atoms with Gasteiger partial charge in [-0.3, -0.25) is 0 Å². The Balaban J connectivity index is 3.79. The maximum atomic E-state index is 11.4. The minimum Gasteiger partial charge on any atom is -0.351 e. The van der Waals surface area contributed by atoms with E-state index in [1.54, 1.807) is 6.20 Å². The van der Waals surface area contributed by atoms with Gasteiger partial charge in [0.25, 0.3) is 0 Å². The van der Waals surface area contributed by atoms with E-state index >= 15 is 0 Å². The first kappa shape index (κ1) is 15.9. The second-order valence-corrected chi connectivity index (χ2v) is 3.80. The third-order valence-electron chi connectivity index (χ3n) is 1.83. The average Bonchev–Trinajstić information content (AvgIpc) is 2.26. The first-order valence-electron chi connectivity index (χ1n) is 6.04. The lowest BCUT2D eigenvalue weighted by atomic mass is 10.2. The molecule has 0 aromatic heterocycles. The van der Waals surface area contributed by atoms with Crippen LogP contribution >= 0.6 is 0 Å². The molecule has 0 aromatic carbocycles. The zero-order chi connectivity index (χ0) is 13.1. The third-order valence-corrected chi connectivity index (χ3v) is 1.83. The van der Waals surface area contributed by atoms with E-state index in [2.05, 4.69) is 10.6 Å². The van der Waals surface area contributed by atoms with Gasteiger partial charge in [-0.15, -0.1) is 0 Å². The number of carbonyl (C=O) groups is 1. The van der Waals surface area contributed by atoms with Crippen molar-refractivity contribution in [2.24, 2.45) is 5.92 Å². The molecule has 0 aliphatic heterocycles. The van der Waals surface area contributed by atoms with Gasteiger partial charge in [-0.1, -0.05) is 19.9 Å². The average molecular weight is 244 g/mol. The van der Waals surface area contributed by atoms with Gasteiger partial charge >= 0.3 is 6.03 Å². The summed E-state index contributed by atoms with van der Waals surface area (Å²) in [4.78, 5) is 11.4. The molecule has 2 amide bonds. The molecule has 0 atom stereocenters. The Morgan fingerprint density at radius 1 is 1.24 bits per heavy atom. The van der Waals surface area contributed by atoms with E-state index in [1.807, 2.05) is 33.8 Å². The van der Waals surface area contributed by atoms with Crippen molar-refractivity contribution in [2.45, 2.75) is 34.0 Å². The monoisotopic (exact) mass is 244 g/mol. The van der Waals surface area contributed by atoms with Gasteiger partial charge in [-0.25, -0.2) is 4.79 Å². The third kappa shape index (κ3) is 9.84. The molecule has 5 nitrogen and oxygen atoms in total. The van der Waals surface area contributed by atoms with E-state index in [0.29, 0.717) is 25.7 Å². The van der Waals surface area contributed by atoms with E-state index in [0.717, 1.165) is 0 Å². The summed E-state index contributed by atoms with van der Waals surface area (Å²) in [6.45, 7) is 9.30. The summed E-state index contributed by atoms with van der Waals surface area (Å²) in [5.41, 5.74) is 0. The van der Waals surface area contributed by atoms with E-state index in [1.165, 1.54) is 0 Å². The van der Waals surface area contributed by atoms with Crippen molar-refractivity contribution in [3.05, 3.63) is 12.3 Å². The summed E-state index contributed by atoms with van der Waals surface area (Å²) in [5.74, 6) is 0.412. The van der Waals surface area contributed by atoms with E-state index < -0.39 is 0 Å². The smallest absolute Gasteiger partial charge is 0.318 e. The lowest BCUT2D eigenvalue weighted by Gasteiger charge is -2.17. The molecule has 0 unspecified atom stereocenters. The molecule has 0 rings (SSSR count). The molecule has 0 heterocycles. The molecule has 100 valence electrons. The van der Waals surface area contributed by atoms with E-state index in [9.17, 15) is 4.79 Å². The summed E-state index contributed by atoms with van der Waals surface area (Å²) in [5, 5.41) is 5.29. The van der Waals surface area contributed by atoms with Crippen LogP contribution in [-0.4, -0.2) is 32.1 Å². The van der Waals surface area contributed by atoms with Crippen molar-refractivity contribution >= 4 is 6.03 Å². The van der Waals surface area contributed by atoms with Crippen LogP contribution in [0, 0.1) is 5.92 Å². The molecule has 0 aliphatic carbocycles. The number of ether oxygens (including phenoxy) is 2. The predicted octanol–water partition coefficient (Wildman–Crippen LogP) is 1.85. The van der Waals surface area contributed by atoms with Gasteiger partial charge < -0.3 is 20.1 Å². The van der Waals surface area contributed by atoms with Crippen LogP contribution in [0.15, 0.2) is 12.3 Å². The maximum absolute atomic E-state index is 11.4. The number of rotatable bonds is 8. The first-order chi connectivity index (χ1) is 8.10. The van der Waals surface area contributed by atoms with Crippen LogP contribution in [0.1, 0.15) is 27.7 Å². The summed E-state index contributed by atoms with van der Waals surface area (Å²) >= 11 is 0. The number of urea groups is 1. The normalized spacial score (nSPS) is 11.4. The molecule has 0 radical (unpaired) electrons. The number of amides is 2. The van der Waals surface area contributed by atoms with Gasteiger partial charge in [0.05, 0.1) is 6.54 Å². The summed E-state index contributed by atoms with van der Waals surface area (Å²) < 4.78 is 10.6. The van der Waals surface area contributed by atoms with Crippen LogP contribution in [0.2, 0.25) is 0 Å². The molecule has 5 heteroatoms. The number of allylic oxidation sites excluding steroid dienone is 1. The Bertz CT molecular complexity index is 224. The number of hydrogen-bond donors (Lipinski definition) is 2. The number of nitrogens with one attached hydrogen (secondary N) is 2. The van der Waals surface area contributed by atoms with Crippen molar-refractivity contribution < 1.29 is 14.3 Å². The number of carbonyl (C=O) groups excluding carboxylic acids is 1. The molecule has 0 spiro atoms. The van der Waals surface area contributed by atoms with Crippen LogP contribution in [0.5, 0.6) is 0 Å². The molecule has 0 saturated heterocycles. The highest BCUT2D eigenvalue weighted by Crippen LogP contribution is 1.93. The Morgan fingerprint density at radius 2 is 1.82 bits per heavy atom. The zero-order valence-corrected chi connectivity index (χ0v) is 11.2. The van der Waals surface area contributed by atoms with Crippen LogP contribution in [0.4, 0.5) is 4.79 Å². The SMILES string of the molecule is CCOC(CNC(=O)N/C=C/C(C)C)OCC. The fourth-order valence-corrected chi connectivity index (χ4v) is 1.08. The fraction of sp³-hybridized carbons (Fsp3) is 0.750. The van der Waals surface area contributed by atoms with Gasteiger partial charge in [-0.2, -0.15) is 0 Å². The van der Waals surface area contributed by atoms with Crippen LogP contribution in [-0.2, 0) is 9.47 Å². The molecule has 17 heavy (non-hydrogen) atoms. The highest BCUT2D eigenvalue weighted by atomic mass is 16.7. The van der Waals surface area contributed by atoms with E-state index in [4.69, 9.17) is 9.47 Å². The lowest BCUT2D eigenvalue weighted by molar-refractivity contribution is -0.131. The molecule has 0 saturated carbocycles. The van der Waals surface area contributed by atoms with Gasteiger partial charge in [0.2, 0.25) is 0 Å². The largest absolute Gasteiger partial charge is 0.351 e. The van der Waals surface area contributed by atoms with E-state index in [-0.39, 0.29) is 12.3 Å². The van der Waals surface area contributed by atoms with Gasteiger partial charge in [0.1, 0.15) is 0 Å². The Labute approximate surface area is 104 Å². The van der Waals surface area contributed by atoms with Crippen molar-refractivity contribution in [3.8, 4) is 0 Å². The molecule has 0 aromatic rings. The minimum atomic E-state index is -0.384. The first-order valence-corrected chi connectivity index (χ1v) is 6.04. The van der Waals surface area contributed by atoms with Crippen molar-refractivity contribution in [1.29, 1.82) is 0 Å². The van der Waals surface area contributed by atoms with Crippen LogP contribution in [0.25, 0.3) is 0 Å². The maximum Gasteiger partial charge on any atom is 0.318 e. The Morgan fingerprint density at radius 3 is 2.29 bits per heavy atom. The summed E-state index contributed by atoms with van der Waals surface area (Å²) in [7, 11) is 0. The van der Waals surface area contributed by atoms with Crippen molar-refractivity contribution in [3.63, 3.8) is 0 Å². The predicted molar refractivity (Wildman–Crippen MR) is 67.6 cm³/mol. The molecule has 0 bridgehead atoms. The number of hydrogen-bond acceptors (Lipinski definition) is 3. The van der Waals surface area contributed by atoms with Gasteiger partial charge in [0.15, 0.2) is 6.29 Å². The van der Waals surface area contributed by atoms with Crippen molar-refractivity contribution in [2.75, 3.05) is 19.8 Å². The quantitative estimate of drug-likeness (QED) is 0.641. The molecular weight excluding hydrogens is 220 g/mol. The topological polar surface area (TPSA) is 59.6 Å². The van der Waals surface area contributed by atoms with Crippen molar-refractivity contribution in [1.82, 2.24) is 10.6 Å². The Kier molecular flexibility index (Phi) is 9.47.